The van der Waals surface area contributed by atoms with E-state index in [-0.39, 0.29) is 61.4 Å². The normalized spacial score (nSPS) is 20.4. The van der Waals surface area contributed by atoms with Gasteiger partial charge >= 0.3 is 12.5 Å². The van der Waals surface area contributed by atoms with Gasteiger partial charge in [0.1, 0.15) is 11.6 Å². The maximum atomic E-state index is 15.0. The summed E-state index contributed by atoms with van der Waals surface area (Å²) in [4.78, 5) is 50.1. The molecular weight excluding hydrogens is 447 g/mol. The van der Waals surface area contributed by atoms with Crippen molar-refractivity contribution in [3.63, 3.8) is 0 Å². The summed E-state index contributed by atoms with van der Waals surface area (Å²) in [7, 11) is 0. The predicted octanol–water partition coefficient (Wildman–Crippen LogP) is 1.19. The Balaban J connectivity index is 1.46. The van der Waals surface area contributed by atoms with Crippen LogP contribution in [0.2, 0.25) is 0 Å². The third kappa shape index (κ3) is 4.56. The zero-order valence-electron chi connectivity index (χ0n) is 17.3. The van der Waals surface area contributed by atoms with Crippen molar-refractivity contribution in [3.05, 3.63) is 36.0 Å². The lowest BCUT2D eigenvalue weighted by atomic mass is 10.2. The van der Waals surface area contributed by atoms with Crippen LogP contribution in [0, 0.1) is 5.82 Å². The Labute approximate surface area is 186 Å². The number of ether oxygens (including phenoxy) is 1. The number of carbonyl (C=O) groups excluding carboxylic acids is 4. The van der Waals surface area contributed by atoms with Gasteiger partial charge in [0, 0.05) is 32.1 Å². The molecule has 0 spiro atoms. The Morgan fingerprint density at radius 3 is 2.24 bits per heavy atom. The van der Waals surface area contributed by atoms with Crippen LogP contribution in [0.1, 0.15) is 12.8 Å². The predicted molar refractivity (Wildman–Crippen MR) is 107 cm³/mol. The fraction of sp³-hybridized carbons (Fsp3) is 0.400. The lowest BCUT2D eigenvalue weighted by molar-refractivity contribution is -0.169. The summed E-state index contributed by atoms with van der Waals surface area (Å²) in [6.07, 6.45) is -2.89. The summed E-state index contributed by atoms with van der Waals surface area (Å²) in [5.41, 5.74) is 0.415. The molecule has 0 aliphatic carbocycles. The lowest BCUT2D eigenvalue weighted by Gasteiger charge is -2.36. The first-order chi connectivity index (χ1) is 15.7. The molecule has 176 valence electrons. The number of fused-ring (bicyclic) bond motifs is 1. The minimum absolute atomic E-state index is 0.0777. The molecule has 3 aliphatic heterocycles. The van der Waals surface area contributed by atoms with E-state index >= 15 is 0 Å². The van der Waals surface area contributed by atoms with Crippen LogP contribution in [0.4, 0.5) is 29.3 Å². The number of benzene rings is 1. The Hall–Kier alpha value is -3.77. The minimum Gasteiger partial charge on any atom is -0.411 e. The fourth-order valence-corrected chi connectivity index (χ4v) is 3.84. The van der Waals surface area contributed by atoms with Crippen LogP contribution >= 0.6 is 0 Å². The van der Waals surface area contributed by atoms with E-state index in [4.69, 9.17) is 4.74 Å². The standard InChI is InChI=1S/C20H20F3N5O5/c21-14-9-12(26-11-13(33-20(26)32)10-24-19(31)18(22)23)1-2-15(14)25-5-7-27-16(29)3-4-17(30)28(27)8-6-25/h1-2,9-10,18H,3-8,11H2,(H,24,31)/b13-10-. The number of carbonyl (C=O) groups is 4. The molecule has 1 N–H and O–H groups in total. The molecule has 0 unspecified atom stereocenters. The topological polar surface area (TPSA) is 103 Å². The van der Waals surface area contributed by atoms with E-state index in [0.29, 0.717) is 13.1 Å². The fourth-order valence-electron chi connectivity index (χ4n) is 3.84. The second kappa shape index (κ2) is 9.00. The maximum Gasteiger partial charge on any atom is 0.419 e. The van der Waals surface area contributed by atoms with Crippen LogP contribution in [0.3, 0.4) is 0 Å². The average Bonchev–Trinajstić information content (AvgIpc) is 3.00. The van der Waals surface area contributed by atoms with E-state index in [1.165, 1.54) is 22.2 Å². The molecule has 1 aromatic carbocycles. The van der Waals surface area contributed by atoms with E-state index < -0.39 is 24.2 Å². The number of hydrogen-bond acceptors (Lipinski definition) is 6. The van der Waals surface area contributed by atoms with Gasteiger partial charge in [0.25, 0.3) is 5.91 Å². The smallest absolute Gasteiger partial charge is 0.411 e. The Bertz CT molecular complexity index is 1010. The first kappa shape index (κ1) is 22.4. The number of amides is 4. The van der Waals surface area contributed by atoms with E-state index in [1.807, 2.05) is 5.32 Å². The summed E-state index contributed by atoms with van der Waals surface area (Å²) in [5, 5.41) is 4.63. The molecule has 10 nitrogen and oxygen atoms in total. The van der Waals surface area contributed by atoms with Crippen molar-refractivity contribution < 1.29 is 37.1 Å². The molecule has 4 rings (SSSR count). The van der Waals surface area contributed by atoms with Crippen molar-refractivity contribution in [1.29, 1.82) is 0 Å². The summed E-state index contributed by atoms with van der Waals surface area (Å²) < 4.78 is 44.4. The number of halogens is 3. The molecule has 4 amide bonds. The third-order valence-electron chi connectivity index (χ3n) is 5.49. The van der Waals surface area contributed by atoms with E-state index in [1.54, 1.807) is 4.90 Å². The number of alkyl halides is 2. The minimum atomic E-state index is -3.22. The molecule has 13 heteroatoms. The number of hydrogen-bond donors (Lipinski definition) is 1. The molecule has 0 bridgehead atoms. The molecule has 1 aromatic rings. The quantitative estimate of drug-likeness (QED) is 0.714. The van der Waals surface area contributed by atoms with Crippen molar-refractivity contribution in [2.24, 2.45) is 0 Å². The number of nitrogens with one attached hydrogen (secondary N) is 1. The maximum absolute atomic E-state index is 15.0. The van der Waals surface area contributed by atoms with Crippen LogP contribution in [0.15, 0.2) is 30.2 Å². The number of anilines is 2. The molecule has 3 fully saturated rings. The Morgan fingerprint density at radius 2 is 1.67 bits per heavy atom. The lowest BCUT2D eigenvalue weighted by Crippen LogP contribution is -2.53. The Kier molecular flexibility index (Phi) is 6.11. The molecular formula is C20H20F3N5O5. The van der Waals surface area contributed by atoms with Gasteiger partial charge in [-0.1, -0.05) is 0 Å². The highest BCUT2D eigenvalue weighted by Gasteiger charge is 2.34. The molecule has 0 radical (unpaired) electrons. The molecule has 0 saturated carbocycles. The van der Waals surface area contributed by atoms with Crippen LogP contribution < -0.4 is 15.1 Å². The van der Waals surface area contributed by atoms with Crippen LogP contribution in [0.25, 0.3) is 0 Å². The molecule has 3 saturated heterocycles. The van der Waals surface area contributed by atoms with Crippen LogP contribution in [-0.4, -0.2) is 73.0 Å². The Morgan fingerprint density at radius 1 is 1.03 bits per heavy atom. The molecule has 3 heterocycles. The number of cyclic esters (lactones) is 1. The van der Waals surface area contributed by atoms with Gasteiger partial charge in [-0.3, -0.25) is 19.3 Å². The summed E-state index contributed by atoms with van der Waals surface area (Å²) >= 11 is 0. The van der Waals surface area contributed by atoms with Crippen molar-refractivity contribution in [3.8, 4) is 0 Å². The van der Waals surface area contributed by atoms with Gasteiger partial charge in [0.05, 0.1) is 31.0 Å². The summed E-state index contributed by atoms with van der Waals surface area (Å²) in [6.45, 7) is 0.924. The summed E-state index contributed by atoms with van der Waals surface area (Å²) in [6, 6.07) is 4.10. The third-order valence-corrected chi connectivity index (χ3v) is 5.49. The molecule has 3 aliphatic rings. The van der Waals surface area contributed by atoms with E-state index in [9.17, 15) is 32.3 Å². The molecule has 0 atom stereocenters. The number of rotatable bonds is 4. The van der Waals surface area contributed by atoms with Gasteiger partial charge in [-0.05, 0) is 18.2 Å². The highest BCUT2D eigenvalue weighted by molar-refractivity contribution is 5.92. The average molecular weight is 467 g/mol. The monoisotopic (exact) mass is 467 g/mol. The van der Waals surface area contributed by atoms with Gasteiger partial charge in [-0.25, -0.2) is 19.2 Å². The van der Waals surface area contributed by atoms with Crippen molar-refractivity contribution in [1.82, 2.24) is 15.3 Å². The molecule has 33 heavy (non-hydrogen) atoms. The van der Waals surface area contributed by atoms with Gasteiger partial charge in [0.15, 0.2) is 0 Å². The van der Waals surface area contributed by atoms with E-state index in [0.717, 1.165) is 17.2 Å². The van der Waals surface area contributed by atoms with Gasteiger partial charge in [0.2, 0.25) is 11.8 Å². The number of nitrogens with zero attached hydrogens (tertiary/aromatic N) is 4. The first-order valence-electron chi connectivity index (χ1n) is 10.2. The SMILES string of the molecule is O=C(N/C=C1/CN(c2ccc(N3CCN4C(=O)CCC(=O)N4CC3)c(F)c2)C(=O)O1)C(F)F. The first-order valence-corrected chi connectivity index (χ1v) is 10.2. The van der Waals surface area contributed by atoms with Gasteiger partial charge in [-0.15, -0.1) is 0 Å². The van der Waals surface area contributed by atoms with Gasteiger partial charge in [-0.2, -0.15) is 8.78 Å². The van der Waals surface area contributed by atoms with E-state index in [2.05, 4.69) is 0 Å². The highest BCUT2D eigenvalue weighted by atomic mass is 19.3. The van der Waals surface area contributed by atoms with Crippen molar-refractivity contribution in [2.45, 2.75) is 19.3 Å². The number of hydrazine groups is 1. The zero-order chi connectivity index (χ0) is 23.7. The second-order valence-corrected chi connectivity index (χ2v) is 7.53. The molecule has 0 aromatic heterocycles. The zero-order valence-corrected chi connectivity index (χ0v) is 17.3. The second-order valence-electron chi connectivity index (χ2n) is 7.53. The van der Waals surface area contributed by atoms with Crippen LogP contribution in [-0.2, 0) is 19.1 Å². The largest absolute Gasteiger partial charge is 0.419 e. The van der Waals surface area contributed by atoms with Crippen LogP contribution in [0.5, 0.6) is 0 Å². The summed E-state index contributed by atoms with van der Waals surface area (Å²) in [5.74, 6) is -2.54. The van der Waals surface area contributed by atoms with Crippen molar-refractivity contribution in [2.75, 3.05) is 42.5 Å². The van der Waals surface area contributed by atoms with Crippen molar-refractivity contribution >= 4 is 35.2 Å². The van der Waals surface area contributed by atoms with Gasteiger partial charge < -0.3 is 15.0 Å². The highest BCUT2D eigenvalue weighted by Crippen LogP contribution is 2.29.